The van der Waals surface area contributed by atoms with Crippen LogP contribution in [0.4, 0.5) is 5.69 Å². The van der Waals surface area contributed by atoms with E-state index in [0.29, 0.717) is 18.1 Å². The van der Waals surface area contributed by atoms with Gasteiger partial charge in [-0.05, 0) is 60.2 Å². The number of nitrogens with zero attached hydrogens (tertiary/aromatic N) is 1. The summed E-state index contributed by atoms with van der Waals surface area (Å²) in [5.41, 5.74) is 3.39. The van der Waals surface area contributed by atoms with Gasteiger partial charge in [-0.25, -0.2) is 14.1 Å². The number of benzene rings is 2. The lowest BCUT2D eigenvalue weighted by molar-refractivity contribution is -0.146. The van der Waals surface area contributed by atoms with E-state index in [9.17, 15) is 9.00 Å². The summed E-state index contributed by atoms with van der Waals surface area (Å²) in [5.74, 6) is 0.796. The van der Waals surface area contributed by atoms with Crippen molar-refractivity contribution in [3.63, 3.8) is 0 Å². The van der Waals surface area contributed by atoms with Crippen molar-refractivity contribution in [3.8, 4) is 5.75 Å². The van der Waals surface area contributed by atoms with Crippen LogP contribution in [0.5, 0.6) is 5.75 Å². The first-order chi connectivity index (χ1) is 17.4. The van der Waals surface area contributed by atoms with Crippen molar-refractivity contribution in [3.05, 3.63) is 52.5 Å². The molecule has 0 amide bonds. The van der Waals surface area contributed by atoms with Gasteiger partial charge in [-0.2, -0.15) is 0 Å². The number of rotatable bonds is 12. The highest BCUT2D eigenvalue weighted by Crippen LogP contribution is 2.37. The number of anilines is 1. The molecular formula is C27H37ClN2O5S. The van der Waals surface area contributed by atoms with E-state index in [-0.39, 0.29) is 24.4 Å². The van der Waals surface area contributed by atoms with E-state index in [2.05, 4.69) is 35.6 Å². The number of carbonyl (C=O) groups is 1. The Kier molecular flexibility index (Phi) is 11.0. The molecule has 3 atom stereocenters. The van der Waals surface area contributed by atoms with Gasteiger partial charge in [0, 0.05) is 24.0 Å². The zero-order valence-corrected chi connectivity index (χ0v) is 22.9. The minimum absolute atomic E-state index is 0.0437. The molecular weight excluding hydrogens is 500 g/mol. The van der Waals surface area contributed by atoms with Gasteiger partial charge in [0.25, 0.3) is 0 Å². The van der Waals surface area contributed by atoms with Gasteiger partial charge in [0.15, 0.2) is 0 Å². The Morgan fingerprint density at radius 3 is 2.78 bits per heavy atom. The van der Waals surface area contributed by atoms with Crippen molar-refractivity contribution in [1.82, 2.24) is 0 Å². The van der Waals surface area contributed by atoms with E-state index in [4.69, 9.17) is 26.2 Å². The van der Waals surface area contributed by atoms with Gasteiger partial charge in [0.05, 0.1) is 30.9 Å². The monoisotopic (exact) mass is 536 g/mol. The van der Waals surface area contributed by atoms with E-state index in [1.807, 2.05) is 18.2 Å². The zero-order valence-electron chi connectivity index (χ0n) is 21.3. The van der Waals surface area contributed by atoms with E-state index in [0.717, 1.165) is 55.2 Å². The number of ether oxygens (including phenoxy) is 3. The Labute approximate surface area is 221 Å². The van der Waals surface area contributed by atoms with Crippen LogP contribution in [-0.4, -0.2) is 50.2 Å². The van der Waals surface area contributed by atoms with Crippen LogP contribution in [0.2, 0.25) is 5.02 Å². The molecule has 0 aliphatic carbocycles. The second kappa shape index (κ2) is 14.0. The van der Waals surface area contributed by atoms with Crippen molar-refractivity contribution in [2.45, 2.75) is 50.3 Å². The molecule has 2 aromatic rings. The number of methoxy groups -OCH3 is 1. The van der Waals surface area contributed by atoms with Gasteiger partial charge in [-0.1, -0.05) is 44.4 Å². The molecule has 0 fully saturated rings. The fourth-order valence-corrected chi connectivity index (χ4v) is 5.19. The predicted molar refractivity (Wildman–Crippen MR) is 144 cm³/mol. The third kappa shape index (κ3) is 7.68. The SMILES string of the molecule is CCCc1cc(Cl)ccc1C1COc2ccc(S(N)=O)cc2N(CCC(CC)COCC(=O)OC)C1. The van der Waals surface area contributed by atoms with Crippen LogP contribution in [0.1, 0.15) is 50.2 Å². The van der Waals surface area contributed by atoms with E-state index in [1.54, 1.807) is 6.07 Å². The molecule has 0 aromatic heterocycles. The van der Waals surface area contributed by atoms with Crippen molar-refractivity contribution < 1.29 is 23.2 Å². The van der Waals surface area contributed by atoms with Crippen LogP contribution in [0.15, 0.2) is 41.3 Å². The Bertz CT molecular complexity index is 1050. The Hall–Kier alpha value is -2.13. The maximum Gasteiger partial charge on any atom is 0.331 e. The van der Waals surface area contributed by atoms with E-state index in [1.165, 1.54) is 18.2 Å². The summed E-state index contributed by atoms with van der Waals surface area (Å²) in [6, 6.07) is 11.6. The average molecular weight is 537 g/mol. The van der Waals surface area contributed by atoms with Crippen LogP contribution in [0, 0.1) is 5.92 Å². The highest BCUT2D eigenvalue weighted by molar-refractivity contribution is 7.82. The smallest absolute Gasteiger partial charge is 0.331 e. The molecule has 1 aliphatic rings. The molecule has 7 nitrogen and oxygen atoms in total. The fraction of sp³-hybridized carbons (Fsp3) is 0.519. The first-order valence-corrected chi connectivity index (χ1v) is 14.1. The third-order valence-electron chi connectivity index (χ3n) is 6.63. The first-order valence-electron chi connectivity index (χ1n) is 12.5. The summed E-state index contributed by atoms with van der Waals surface area (Å²) in [6.07, 6.45) is 3.76. The average Bonchev–Trinajstić information content (AvgIpc) is 3.05. The van der Waals surface area contributed by atoms with Crippen molar-refractivity contribution >= 4 is 34.2 Å². The molecule has 0 saturated heterocycles. The molecule has 3 unspecified atom stereocenters. The van der Waals surface area contributed by atoms with Crippen molar-refractivity contribution in [2.24, 2.45) is 11.1 Å². The predicted octanol–water partition coefficient (Wildman–Crippen LogP) is 4.86. The Morgan fingerprint density at radius 2 is 2.08 bits per heavy atom. The van der Waals surface area contributed by atoms with Gasteiger partial charge < -0.3 is 19.1 Å². The van der Waals surface area contributed by atoms with Crippen molar-refractivity contribution in [1.29, 1.82) is 0 Å². The van der Waals surface area contributed by atoms with Crippen molar-refractivity contribution in [2.75, 3.05) is 44.9 Å². The summed E-state index contributed by atoms with van der Waals surface area (Å²) in [6.45, 7) is 6.75. The van der Waals surface area contributed by atoms with Crippen LogP contribution >= 0.6 is 11.6 Å². The third-order valence-corrected chi connectivity index (χ3v) is 7.59. The zero-order chi connectivity index (χ0) is 26.1. The van der Waals surface area contributed by atoms with Gasteiger partial charge in [-0.3, -0.25) is 0 Å². The standard InChI is InChI=1S/C27H37ClN2O5S/c1-4-6-20-13-22(28)7-9-24(20)21-15-30(12-11-19(5-2)16-34-18-27(31)33-3)25-14-23(36(29)32)8-10-26(25)35-17-21/h7-10,13-14,19,21H,4-6,11-12,15-18,29H2,1-3H3. The molecule has 1 aliphatic heterocycles. The molecule has 0 radical (unpaired) electrons. The molecule has 1 heterocycles. The van der Waals surface area contributed by atoms with Crippen LogP contribution in [0.25, 0.3) is 0 Å². The Balaban J connectivity index is 1.85. The number of esters is 1. The number of halogens is 1. The van der Waals surface area contributed by atoms with E-state index < -0.39 is 11.0 Å². The topological polar surface area (TPSA) is 91.1 Å². The Morgan fingerprint density at radius 1 is 1.28 bits per heavy atom. The summed E-state index contributed by atoms with van der Waals surface area (Å²) >= 11 is 6.32. The highest BCUT2D eigenvalue weighted by atomic mass is 35.5. The molecule has 2 aromatic carbocycles. The highest BCUT2D eigenvalue weighted by Gasteiger charge is 2.27. The quantitative estimate of drug-likeness (QED) is 0.389. The molecule has 36 heavy (non-hydrogen) atoms. The van der Waals surface area contributed by atoms with Crippen LogP contribution in [-0.2, 0) is 31.7 Å². The van der Waals surface area contributed by atoms with Crippen LogP contribution < -0.4 is 14.8 Å². The molecule has 3 rings (SSSR count). The summed E-state index contributed by atoms with van der Waals surface area (Å²) in [7, 11) is -0.232. The second-order valence-corrected chi connectivity index (χ2v) is 10.6. The minimum atomic E-state index is -1.59. The number of aryl methyl sites for hydroxylation is 1. The summed E-state index contributed by atoms with van der Waals surface area (Å²) in [5, 5.41) is 6.44. The molecule has 9 heteroatoms. The van der Waals surface area contributed by atoms with Gasteiger partial charge in [0.2, 0.25) is 0 Å². The largest absolute Gasteiger partial charge is 0.491 e. The molecule has 0 bridgehead atoms. The van der Waals surface area contributed by atoms with Gasteiger partial charge in [0.1, 0.15) is 23.3 Å². The number of fused-ring (bicyclic) bond motifs is 1. The van der Waals surface area contributed by atoms with Crippen LogP contribution in [0.3, 0.4) is 0 Å². The maximum atomic E-state index is 12.0. The lowest BCUT2D eigenvalue weighted by Gasteiger charge is -2.29. The number of hydrogen-bond acceptors (Lipinski definition) is 6. The molecule has 198 valence electrons. The number of nitrogens with two attached hydrogens (primary N) is 1. The molecule has 2 N–H and O–H groups in total. The first kappa shape index (κ1) is 28.4. The number of carbonyl (C=O) groups excluding carboxylic acids is 1. The van der Waals surface area contributed by atoms with Gasteiger partial charge >= 0.3 is 5.97 Å². The van der Waals surface area contributed by atoms with E-state index >= 15 is 0 Å². The summed E-state index contributed by atoms with van der Waals surface area (Å²) in [4.78, 5) is 14.3. The fourth-order valence-electron chi connectivity index (χ4n) is 4.57. The molecule has 0 saturated carbocycles. The van der Waals surface area contributed by atoms with Gasteiger partial charge in [-0.15, -0.1) is 0 Å². The lowest BCUT2D eigenvalue weighted by atomic mass is 9.92. The normalized spacial score (nSPS) is 17.0. The lowest BCUT2D eigenvalue weighted by Crippen LogP contribution is -2.32. The second-order valence-electron chi connectivity index (χ2n) is 9.13. The molecule has 0 spiro atoms. The minimum Gasteiger partial charge on any atom is -0.491 e. The summed E-state index contributed by atoms with van der Waals surface area (Å²) < 4.78 is 28.6. The number of hydrogen-bond donors (Lipinski definition) is 1. The maximum absolute atomic E-state index is 12.0.